The predicted molar refractivity (Wildman–Crippen MR) is 100 cm³/mol. The molecule has 0 amide bonds. The molecule has 1 aromatic heterocycles. The van der Waals surface area contributed by atoms with E-state index in [1.807, 2.05) is 38.9 Å². The van der Waals surface area contributed by atoms with E-state index in [0.717, 1.165) is 11.1 Å². The van der Waals surface area contributed by atoms with Crippen LogP contribution >= 0.6 is 0 Å². The van der Waals surface area contributed by atoms with Crippen molar-refractivity contribution < 1.29 is 13.2 Å². The van der Waals surface area contributed by atoms with Crippen LogP contribution in [0.25, 0.3) is 0 Å². The van der Waals surface area contributed by atoms with Gasteiger partial charge in [0.15, 0.2) is 5.82 Å². The van der Waals surface area contributed by atoms with E-state index in [4.69, 9.17) is 4.74 Å². The number of aromatic nitrogens is 2. The molecule has 1 aromatic carbocycles. The maximum Gasteiger partial charge on any atom is 0.243 e. The van der Waals surface area contributed by atoms with Crippen molar-refractivity contribution in [3.63, 3.8) is 0 Å². The number of benzene rings is 1. The Labute approximate surface area is 154 Å². The van der Waals surface area contributed by atoms with Crippen LogP contribution in [0, 0.1) is 13.8 Å². The molecule has 1 aliphatic heterocycles. The average molecular weight is 376 g/mol. The third kappa shape index (κ3) is 3.81. The van der Waals surface area contributed by atoms with E-state index >= 15 is 0 Å². The highest BCUT2D eigenvalue weighted by molar-refractivity contribution is 7.89. The second-order valence-corrected chi connectivity index (χ2v) is 8.69. The van der Waals surface area contributed by atoms with E-state index < -0.39 is 10.0 Å². The molecule has 1 saturated heterocycles. The monoisotopic (exact) mass is 376 g/mol. The van der Waals surface area contributed by atoms with Gasteiger partial charge in [0.2, 0.25) is 15.9 Å². The molecule has 8 heteroatoms. The highest BCUT2D eigenvalue weighted by atomic mass is 32.2. The molecule has 3 rings (SSSR count). The van der Waals surface area contributed by atoms with Crippen LogP contribution in [0.4, 0.5) is 5.82 Å². The Morgan fingerprint density at radius 2 is 1.96 bits per heavy atom. The van der Waals surface area contributed by atoms with Gasteiger partial charge in [-0.15, -0.1) is 0 Å². The molecule has 0 saturated carbocycles. The SMILES string of the molecule is Cc1ccc(S(=O)(=O)N2CCC(Oc3cncc(N(C)C)n3)C2)cc1C. The van der Waals surface area contributed by atoms with Crippen molar-refractivity contribution in [1.29, 1.82) is 0 Å². The van der Waals surface area contributed by atoms with Crippen molar-refractivity contribution in [1.82, 2.24) is 14.3 Å². The number of aryl methyl sites for hydroxylation is 2. The number of nitrogens with zero attached hydrogens (tertiary/aromatic N) is 4. The molecule has 0 aliphatic carbocycles. The summed E-state index contributed by atoms with van der Waals surface area (Å²) >= 11 is 0. The number of hydrogen-bond acceptors (Lipinski definition) is 6. The fourth-order valence-electron chi connectivity index (χ4n) is 2.82. The Morgan fingerprint density at radius 1 is 1.19 bits per heavy atom. The van der Waals surface area contributed by atoms with E-state index in [9.17, 15) is 8.42 Å². The quantitative estimate of drug-likeness (QED) is 0.794. The average Bonchev–Trinajstić information content (AvgIpc) is 3.06. The normalized spacial score (nSPS) is 18.1. The van der Waals surface area contributed by atoms with Crippen LogP contribution in [0.15, 0.2) is 35.5 Å². The molecule has 0 N–H and O–H groups in total. The first kappa shape index (κ1) is 18.6. The first-order valence-electron chi connectivity index (χ1n) is 8.51. The minimum atomic E-state index is -3.52. The lowest BCUT2D eigenvalue weighted by Gasteiger charge is -2.18. The van der Waals surface area contributed by atoms with Crippen LogP contribution in [0.2, 0.25) is 0 Å². The molecule has 2 heterocycles. The van der Waals surface area contributed by atoms with Gasteiger partial charge < -0.3 is 9.64 Å². The van der Waals surface area contributed by atoms with E-state index in [2.05, 4.69) is 9.97 Å². The fourth-order valence-corrected chi connectivity index (χ4v) is 4.39. The molecule has 1 atom stereocenters. The molecular formula is C18H24N4O3S. The Balaban J connectivity index is 1.71. The predicted octanol–water partition coefficient (Wildman–Crippen LogP) is 2.00. The van der Waals surface area contributed by atoms with E-state index in [1.165, 1.54) is 4.31 Å². The van der Waals surface area contributed by atoms with Crippen molar-refractivity contribution in [3.8, 4) is 5.88 Å². The van der Waals surface area contributed by atoms with Gasteiger partial charge >= 0.3 is 0 Å². The number of rotatable bonds is 5. The molecule has 2 aromatic rings. The molecular weight excluding hydrogens is 352 g/mol. The molecule has 0 spiro atoms. The van der Waals surface area contributed by atoms with E-state index in [-0.39, 0.29) is 6.10 Å². The van der Waals surface area contributed by atoms with E-state index in [0.29, 0.717) is 36.1 Å². The van der Waals surface area contributed by atoms with Gasteiger partial charge in [-0.25, -0.2) is 8.42 Å². The third-order valence-electron chi connectivity index (χ3n) is 4.57. The minimum absolute atomic E-state index is 0.233. The highest BCUT2D eigenvalue weighted by Gasteiger charge is 2.34. The van der Waals surface area contributed by atoms with Crippen molar-refractivity contribution >= 4 is 15.8 Å². The van der Waals surface area contributed by atoms with Crippen LogP contribution in [0.1, 0.15) is 17.5 Å². The lowest BCUT2D eigenvalue weighted by molar-refractivity contribution is 0.206. The number of sulfonamides is 1. The Morgan fingerprint density at radius 3 is 2.65 bits per heavy atom. The van der Waals surface area contributed by atoms with Crippen LogP contribution < -0.4 is 9.64 Å². The summed E-state index contributed by atoms with van der Waals surface area (Å²) in [6, 6.07) is 5.23. The van der Waals surface area contributed by atoms with Crippen molar-refractivity contribution in [2.75, 3.05) is 32.1 Å². The molecule has 0 radical (unpaired) electrons. The van der Waals surface area contributed by atoms with Crippen molar-refractivity contribution in [2.24, 2.45) is 0 Å². The lowest BCUT2D eigenvalue weighted by atomic mass is 10.1. The van der Waals surface area contributed by atoms with Crippen LogP contribution in [-0.4, -0.2) is 56.0 Å². The zero-order valence-electron chi connectivity index (χ0n) is 15.5. The van der Waals surface area contributed by atoms with Gasteiger partial charge in [0.05, 0.1) is 23.8 Å². The Bertz CT molecular complexity index is 899. The second-order valence-electron chi connectivity index (χ2n) is 6.75. The van der Waals surface area contributed by atoms with Crippen LogP contribution in [-0.2, 0) is 10.0 Å². The zero-order valence-corrected chi connectivity index (χ0v) is 16.3. The Kier molecular flexibility index (Phi) is 5.15. The molecule has 1 fully saturated rings. The van der Waals surface area contributed by atoms with Gasteiger partial charge in [-0.3, -0.25) is 4.98 Å². The molecule has 7 nitrogen and oxygen atoms in total. The highest BCUT2D eigenvalue weighted by Crippen LogP contribution is 2.25. The van der Waals surface area contributed by atoms with Gasteiger partial charge in [-0.2, -0.15) is 9.29 Å². The number of hydrogen-bond donors (Lipinski definition) is 0. The maximum atomic E-state index is 12.9. The fraction of sp³-hybridized carbons (Fsp3) is 0.444. The van der Waals surface area contributed by atoms with Crippen molar-refractivity contribution in [2.45, 2.75) is 31.3 Å². The van der Waals surface area contributed by atoms with Gasteiger partial charge in [0, 0.05) is 20.6 Å². The Hall–Kier alpha value is -2.19. The smallest absolute Gasteiger partial charge is 0.243 e. The molecule has 1 aliphatic rings. The van der Waals surface area contributed by atoms with Gasteiger partial charge in [0.1, 0.15) is 6.10 Å². The summed E-state index contributed by atoms with van der Waals surface area (Å²) in [5, 5.41) is 0. The summed E-state index contributed by atoms with van der Waals surface area (Å²) in [7, 11) is 0.237. The molecule has 1 unspecified atom stereocenters. The molecule has 140 valence electrons. The summed E-state index contributed by atoms with van der Waals surface area (Å²) in [4.78, 5) is 10.7. The molecule has 26 heavy (non-hydrogen) atoms. The summed E-state index contributed by atoms with van der Waals surface area (Å²) < 4.78 is 33.1. The third-order valence-corrected chi connectivity index (χ3v) is 6.43. The first-order valence-corrected chi connectivity index (χ1v) is 9.95. The number of anilines is 1. The summed E-state index contributed by atoms with van der Waals surface area (Å²) in [5.41, 5.74) is 2.04. The maximum absolute atomic E-state index is 12.9. The topological polar surface area (TPSA) is 75.6 Å². The first-order chi connectivity index (χ1) is 12.3. The van der Waals surface area contributed by atoms with Crippen LogP contribution in [0.5, 0.6) is 5.88 Å². The summed E-state index contributed by atoms with van der Waals surface area (Å²) in [6.45, 7) is 4.62. The zero-order chi connectivity index (χ0) is 18.9. The minimum Gasteiger partial charge on any atom is -0.472 e. The van der Waals surface area contributed by atoms with Gasteiger partial charge in [0.25, 0.3) is 0 Å². The lowest BCUT2D eigenvalue weighted by Crippen LogP contribution is -2.31. The molecule has 0 bridgehead atoms. The van der Waals surface area contributed by atoms with Gasteiger partial charge in [-0.1, -0.05) is 6.07 Å². The number of ether oxygens (including phenoxy) is 1. The summed E-state index contributed by atoms with van der Waals surface area (Å²) in [6.07, 6.45) is 3.59. The second kappa shape index (κ2) is 7.20. The summed E-state index contributed by atoms with van der Waals surface area (Å²) in [5.74, 6) is 1.10. The van der Waals surface area contributed by atoms with Gasteiger partial charge in [-0.05, 0) is 43.5 Å². The van der Waals surface area contributed by atoms with Crippen molar-refractivity contribution in [3.05, 3.63) is 41.7 Å². The van der Waals surface area contributed by atoms with E-state index in [1.54, 1.807) is 24.5 Å². The largest absolute Gasteiger partial charge is 0.472 e. The standard InChI is InChI=1S/C18H24N4O3S/c1-13-5-6-16(9-14(13)2)26(23,24)22-8-7-15(12-22)25-18-11-19-10-17(20-18)21(3)4/h5-6,9-11,15H,7-8,12H2,1-4H3. The van der Waals surface area contributed by atoms with Crippen LogP contribution in [0.3, 0.4) is 0 Å².